The Bertz CT molecular complexity index is 662. The van der Waals surface area contributed by atoms with Crippen molar-refractivity contribution in [3.63, 3.8) is 0 Å². The Labute approximate surface area is 105 Å². The minimum Gasteiger partial charge on any atom is -0.383 e. The molecule has 18 heavy (non-hydrogen) atoms. The van der Waals surface area contributed by atoms with Gasteiger partial charge in [-0.1, -0.05) is 60.7 Å². The van der Waals surface area contributed by atoms with Gasteiger partial charge in [0, 0.05) is 11.1 Å². The zero-order valence-electron chi connectivity index (χ0n) is 9.71. The Kier molecular flexibility index (Phi) is 2.58. The van der Waals surface area contributed by atoms with Crippen LogP contribution in [0, 0.1) is 0 Å². The highest BCUT2D eigenvalue weighted by molar-refractivity contribution is 5.77. The molecule has 0 fully saturated rings. The number of aliphatic hydroxyl groups excluding tert-OH is 1. The molecule has 0 amide bonds. The number of rotatable bonds is 3. The third-order valence-electron chi connectivity index (χ3n) is 3.13. The summed E-state index contributed by atoms with van der Waals surface area (Å²) in [5, 5.41) is 10.2. The van der Waals surface area contributed by atoms with Crippen LogP contribution in [-0.4, -0.2) is 5.11 Å². The molecule has 0 spiro atoms. The van der Waals surface area contributed by atoms with Crippen molar-refractivity contribution in [1.29, 1.82) is 0 Å². The van der Waals surface area contributed by atoms with Crippen LogP contribution in [0.3, 0.4) is 0 Å². The zero-order chi connectivity index (χ0) is 12.5. The first kappa shape index (κ1) is 10.9. The van der Waals surface area contributed by atoms with Crippen LogP contribution in [-0.2, 0) is 0 Å². The third kappa shape index (κ3) is 1.77. The normalized spacial score (nSPS) is 12.7. The van der Waals surface area contributed by atoms with E-state index in [9.17, 15) is 9.90 Å². The quantitative estimate of drug-likeness (QED) is 0.759. The molecule has 3 aromatic carbocycles. The first-order valence-electron chi connectivity index (χ1n) is 5.86. The van der Waals surface area contributed by atoms with Crippen LogP contribution in [0.5, 0.6) is 0 Å². The molecule has 1 unspecified atom stereocenters. The van der Waals surface area contributed by atoms with Gasteiger partial charge in [0.25, 0.3) is 0 Å². The summed E-state index contributed by atoms with van der Waals surface area (Å²) in [5.41, 5.74) is 2.79. The van der Waals surface area contributed by atoms with Gasteiger partial charge in [-0.2, -0.15) is 0 Å². The van der Waals surface area contributed by atoms with Crippen LogP contribution in [0.1, 0.15) is 17.2 Å². The van der Waals surface area contributed by atoms with Crippen LogP contribution in [0.2, 0.25) is 0 Å². The van der Waals surface area contributed by atoms with Crippen molar-refractivity contribution in [2.24, 2.45) is 0 Å². The average Bonchev–Trinajstić information content (AvgIpc) is 3.11. The molecule has 2 heteroatoms. The van der Waals surface area contributed by atoms with Gasteiger partial charge in [0.05, 0.1) is 0 Å². The molecule has 0 radical (unpaired) electrons. The lowest BCUT2D eigenvalue weighted by molar-refractivity contribution is 0.223. The molecule has 0 aliphatic heterocycles. The van der Waals surface area contributed by atoms with Gasteiger partial charge >= 0.3 is 0 Å². The summed E-state index contributed by atoms with van der Waals surface area (Å²) in [7, 11) is 0. The Balaban J connectivity index is 1.95. The lowest BCUT2D eigenvalue weighted by atomic mass is 10.1. The van der Waals surface area contributed by atoms with E-state index in [0.29, 0.717) is 11.1 Å². The molecule has 0 aliphatic carbocycles. The van der Waals surface area contributed by atoms with Crippen molar-refractivity contribution in [3.05, 3.63) is 82.0 Å². The molecule has 3 aromatic rings. The van der Waals surface area contributed by atoms with E-state index in [-0.39, 0.29) is 5.43 Å². The van der Waals surface area contributed by atoms with Gasteiger partial charge in [0.1, 0.15) is 6.10 Å². The second-order valence-electron chi connectivity index (χ2n) is 4.30. The molecule has 1 atom stereocenters. The molecule has 0 saturated heterocycles. The van der Waals surface area contributed by atoms with Crippen LogP contribution in [0.4, 0.5) is 0 Å². The van der Waals surface area contributed by atoms with Gasteiger partial charge in [0.15, 0.2) is 5.43 Å². The molecule has 3 rings (SSSR count). The van der Waals surface area contributed by atoms with Crippen molar-refractivity contribution < 1.29 is 5.11 Å². The van der Waals surface area contributed by atoms with E-state index in [0.717, 1.165) is 11.1 Å². The largest absolute Gasteiger partial charge is 0.383 e. The predicted octanol–water partition coefficient (Wildman–Crippen LogP) is 2.67. The van der Waals surface area contributed by atoms with Crippen molar-refractivity contribution in [2.45, 2.75) is 6.10 Å². The van der Waals surface area contributed by atoms with Gasteiger partial charge in [-0.05, 0) is 11.1 Å². The van der Waals surface area contributed by atoms with E-state index in [1.807, 2.05) is 60.7 Å². The topological polar surface area (TPSA) is 37.3 Å². The Morgan fingerprint density at radius 2 is 1.39 bits per heavy atom. The number of aliphatic hydroxyl groups is 1. The Morgan fingerprint density at radius 1 is 0.833 bits per heavy atom. The van der Waals surface area contributed by atoms with Gasteiger partial charge in [-0.15, -0.1) is 0 Å². The molecule has 0 aliphatic rings. The number of hydrogen-bond donors (Lipinski definition) is 1. The fraction of sp³-hybridized carbons (Fsp3) is 0.0625. The van der Waals surface area contributed by atoms with Crippen LogP contribution < -0.4 is 5.43 Å². The van der Waals surface area contributed by atoms with E-state index >= 15 is 0 Å². The fourth-order valence-electron chi connectivity index (χ4n) is 2.14. The summed E-state index contributed by atoms with van der Waals surface area (Å²) < 4.78 is 0. The van der Waals surface area contributed by atoms with Gasteiger partial charge in [-0.3, -0.25) is 4.79 Å². The summed E-state index contributed by atoms with van der Waals surface area (Å²) in [5.74, 6) is 0. The second-order valence-corrected chi connectivity index (χ2v) is 4.30. The minimum atomic E-state index is -0.811. The predicted molar refractivity (Wildman–Crippen MR) is 71.0 cm³/mol. The van der Waals surface area contributed by atoms with Crippen LogP contribution in [0.25, 0.3) is 11.1 Å². The van der Waals surface area contributed by atoms with Crippen molar-refractivity contribution >= 4 is 0 Å². The highest BCUT2D eigenvalue weighted by atomic mass is 16.3. The Hall–Kier alpha value is -2.19. The summed E-state index contributed by atoms with van der Waals surface area (Å²) in [4.78, 5) is 11.8. The molecular formula is C16H12O2. The van der Waals surface area contributed by atoms with Crippen molar-refractivity contribution in [1.82, 2.24) is 0 Å². The molecule has 0 aromatic heterocycles. The van der Waals surface area contributed by atoms with E-state index < -0.39 is 6.10 Å². The van der Waals surface area contributed by atoms with Crippen molar-refractivity contribution in [3.8, 4) is 11.1 Å². The summed E-state index contributed by atoms with van der Waals surface area (Å²) in [6.07, 6.45) is -0.811. The zero-order valence-corrected chi connectivity index (χ0v) is 9.71. The average molecular weight is 236 g/mol. The smallest absolute Gasteiger partial charge is 0.193 e. The maximum absolute atomic E-state index is 11.8. The molecule has 88 valence electrons. The first-order valence-corrected chi connectivity index (χ1v) is 5.86. The molecule has 2 nitrogen and oxygen atoms in total. The van der Waals surface area contributed by atoms with E-state index in [1.54, 1.807) is 0 Å². The third-order valence-corrected chi connectivity index (χ3v) is 3.13. The lowest BCUT2D eigenvalue weighted by Gasteiger charge is -2.05. The standard InChI is InChI=1S/C16H12O2/c17-15(12-9-5-2-6-10-12)14-13(16(14)18)11-7-3-1-4-8-11/h1-10,15,17H. The minimum absolute atomic E-state index is 0.0300. The van der Waals surface area contributed by atoms with Gasteiger partial charge in [-0.25, -0.2) is 0 Å². The van der Waals surface area contributed by atoms with E-state index in [2.05, 4.69) is 0 Å². The monoisotopic (exact) mass is 236 g/mol. The maximum Gasteiger partial charge on any atom is 0.193 e. The summed E-state index contributed by atoms with van der Waals surface area (Å²) >= 11 is 0. The Morgan fingerprint density at radius 3 is 2.00 bits per heavy atom. The molecule has 0 saturated carbocycles. The molecular weight excluding hydrogens is 224 g/mol. The fourth-order valence-corrected chi connectivity index (χ4v) is 2.14. The SMILES string of the molecule is O=c1c(-c2ccccc2)c1C(O)c1ccccc1. The second kappa shape index (κ2) is 4.24. The lowest BCUT2D eigenvalue weighted by Crippen LogP contribution is -1.97. The first-order chi connectivity index (χ1) is 8.79. The van der Waals surface area contributed by atoms with Crippen LogP contribution in [0.15, 0.2) is 65.5 Å². The molecule has 0 heterocycles. The van der Waals surface area contributed by atoms with Gasteiger partial charge in [0.2, 0.25) is 0 Å². The molecule has 0 bridgehead atoms. The van der Waals surface area contributed by atoms with E-state index in [4.69, 9.17) is 0 Å². The highest BCUT2D eigenvalue weighted by Crippen LogP contribution is 2.33. The van der Waals surface area contributed by atoms with E-state index in [1.165, 1.54) is 0 Å². The maximum atomic E-state index is 11.8. The highest BCUT2D eigenvalue weighted by Gasteiger charge is 2.30. The summed E-state index contributed by atoms with van der Waals surface area (Å²) in [6, 6.07) is 18.7. The van der Waals surface area contributed by atoms with Crippen molar-refractivity contribution in [2.75, 3.05) is 0 Å². The summed E-state index contributed by atoms with van der Waals surface area (Å²) in [6.45, 7) is 0. The molecule has 1 N–H and O–H groups in total. The van der Waals surface area contributed by atoms with Gasteiger partial charge < -0.3 is 5.11 Å². The number of hydrogen-bond acceptors (Lipinski definition) is 2. The van der Waals surface area contributed by atoms with Crippen LogP contribution >= 0.6 is 0 Å². The number of benzene rings is 2.